The second kappa shape index (κ2) is 7.86. The van der Waals surface area contributed by atoms with Crippen molar-refractivity contribution >= 4 is 5.69 Å². The molecule has 0 atom stereocenters. The summed E-state index contributed by atoms with van der Waals surface area (Å²) in [6, 6.07) is 22.2. The van der Waals surface area contributed by atoms with Crippen molar-refractivity contribution in [2.45, 2.75) is 78.6 Å². The molecule has 0 aliphatic rings. The second-order valence-electron chi connectivity index (χ2n) is 11.9. The van der Waals surface area contributed by atoms with Crippen LogP contribution in [0.5, 0.6) is 0 Å². The van der Waals surface area contributed by atoms with E-state index in [9.17, 15) is 0 Å². The SMILES string of the molecule is CC(C)(C)c1ccc(-c2cccc(-c3cc(C(C)(C)C)cc(C(C)(C)C)c3)c2N)cc1. The molecule has 0 bridgehead atoms. The number of rotatable bonds is 2. The summed E-state index contributed by atoms with van der Waals surface area (Å²) in [7, 11) is 0. The fourth-order valence-electron chi connectivity index (χ4n) is 3.87. The molecular formula is C30H39N. The molecule has 164 valence electrons. The molecule has 3 aromatic rings. The smallest absolute Gasteiger partial charge is 0.0473 e. The lowest BCUT2D eigenvalue weighted by molar-refractivity contribution is 0.569. The number of nitrogens with two attached hydrogens (primary N) is 1. The lowest BCUT2D eigenvalue weighted by atomic mass is 9.78. The van der Waals surface area contributed by atoms with Crippen molar-refractivity contribution < 1.29 is 0 Å². The number of hydrogen-bond donors (Lipinski definition) is 1. The molecule has 0 aromatic heterocycles. The van der Waals surface area contributed by atoms with Gasteiger partial charge in [-0.15, -0.1) is 0 Å². The van der Waals surface area contributed by atoms with Crippen molar-refractivity contribution in [1.29, 1.82) is 0 Å². The quantitative estimate of drug-likeness (QED) is 0.419. The van der Waals surface area contributed by atoms with Gasteiger partial charge in [0.15, 0.2) is 0 Å². The van der Waals surface area contributed by atoms with Crippen molar-refractivity contribution in [2.75, 3.05) is 5.73 Å². The lowest BCUT2D eigenvalue weighted by Gasteiger charge is -2.26. The number of anilines is 1. The summed E-state index contributed by atoms with van der Waals surface area (Å²) in [6.45, 7) is 20.4. The van der Waals surface area contributed by atoms with Gasteiger partial charge in [0.05, 0.1) is 0 Å². The van der Waals surface area contributed by atoms with E-state index in [0.717, 1.165) is 22.4 Å². The van der Waals surface area contributed by atoms with Crippen molar-refractivity contribution in [2.24, 2.45) is 0 Å². The summed E-state index contributed by atoms with van der Waals surface area (Å²) < 4.78 is 0. The first-order chi connectivity index (χ1) is 14.2. The maximum Gasteiger partial charge on any atom is 0.0473 e. The summed E-state index contributed by atoms with van der Waals surface area (Å²) >= 11 is 0. The van der Waals surface area contributed by atoms with Crippen LogP contribution in [-0.2, 0) is 16.2 Å². The van der Waals surface area contributed by atoms with Crippen molar-refractivity contribution in [3.63, 3.8) is 0 Å². The van der Waals surface area contributed by atoms with E-state index in [0.29, 0.717) is 0 Å². The van der Waals surface area contributed by atoms with Crippen molar-refractivity contribution in [3.05, 3.63) is 77.4 Å². The average Bonchev–Trinajstić information content (AvgIpc) is 2.66. The zero-order valence-electron chi connectivity index (χ0n) is 20.9. The fourth-order valence-corrected chi connectivity index (χ4v) is 3.87. The van der Waals surface area contributed by atoms with Gasteiger partial charge in [0.25, 0.3) is 0 Å². The van der Waals surface area contributed by atoms with Gasteiger partial charge in [-0.3, -0.25) is 0 Å². The molecule has 3 rings (SSSR count). The van der Waals surface area contributed by atoms with Gasteiger partial charge in [0, 0.05) is 16.8 Å². The van der Waals surface area contributed by atoms with Crippen LogP contribution in [-0.4, -0.2) is 0 Å². The largest absolute Gasteiger partial charge is 0.398 e. The molecule has 0 spiro atoms. The van der Waals surface area contributed by atoms with Gasteiger partial charge in [-0.25, -0.2) is 0 Å². The molecule has 0 amide bonds. The Morgan fingerprint density at radius 3 is 1.32 bits per heavy atom. The molecule has 1 heteroatoms. The molecule has 0 saturated carbocycles. The van der Waals surface area contributed by atoms with E-state index in [2.05, 4.69) is 123 Å². The van der Waals surface area contributed by atoms with Gasteiger partial charge < -0.3 is 5.73 Å². The first kappa shape index (κ1) is 23.1. The third-order valence-electron chi connectivity index (χ3n) is 6.14. The zero-order chi connectivity index (χ0) is 23.2. The van der Waals surface area contributed by atoms with Crippen LogP contribution in [0.15, 0.2) is 60.7 Å². The highest BCUT2D eigenvalue weighted by Crippen LogP contribution is 2.39. The highest BCUT2D eigenvalue weighted by Gasteiger charge is 2.22. The van der Waals surface area contributed by atoms with Crippen LogP contribution < -0.4 is 5.73 Å². The van der Waals surface area contributed by atoms with E-state index >= 15 is 0 Å². The molecule has 0 aliphatic carbocycles. The van der Waals surface area contributed by atoms with Crippen molar-refractivity contribution in [1.82, 2.24) is 0 Å². The van der Waals surface area contributed by atoms with E-state index < -0.39 is 0 Å². The standard InChI is InChI=1S/C30H39N/c1-28(2,3)22-15-13-20(14-16-22)25-11-10-12-26(27(25)31)21-17-23(29(4,5)6)19-24(18-21)30(7,8)9/h10-19H,31H2,1-9H3. The van der Waals surface area contributed by atoms with Gasteiger partial charge in [-0.05, 0) is 44.1 Å². The third kappa shape index (κ3) is 5.03. The molecule has 3 aromatic carbocycles. The summed E-state index contributed by atoms with van der Waals surface area (Å²) in [5.41, 5.74) is 16.5. The summed E-state index contributed by atoms with van der Waals surface area (Å²) in [4.78, 5) is 0. The van der Waals surface area contributed by atoms with Crippen LogP contribution in [0, 0.1) is 0 Å². The lowest BCUT2D eigenvalue weighted by Crippen LogP contribution is -2.16. The second-order valence-corrected chi connectivity index (χ2v) is 11.9. The predicted octanol–water partition coefficient (Wildman–Crippen LogP) is 8.50. The Morgan fingerprint density at radius 1 is 0.484 bits per heavy atom. The monoisotopic (exact) mass is 413 g/mol. The van der Waals surface area contributed by atoms with Crippen LogP contribution in [0.1, 0.15) is 79.0 Å². The molecular weight excluding hydrogens is 374 g/mol. The molecule has 0 radical (unpaired) electrons. The number of hydrogen-bond acceptors (Lipinski definition) is 1. The van der Waals surface area contributed by atoms with Gasteiger partial charge in [0.1, 0.15) is 0 Å². The van der Waals surface area contributed by atoms with E-state index in [1.165, 1.54) is 22.3 Å². The number of nitrogen functional groups attached to an aromatic ring is 1. The molecule has 0 fully saturated rings. The van der Waals surface area contributed by atoms with E-state index in [4.69, 9.17) is 5.73 Å². The molecule has 31 heavy (non-hydrogen) atoms. The first-order valence-electron chi connectivity index (χ1n) is 11.3. The molecule has 0 unspecified atom stereocenters. The Bertz CT molecular complexity index is 1030. The van der Waals surface area contributed by atoms with Crippen LogP contribution in [0.2, 0.25) is 0 Å². The maximum absolute atomic E-state index is 6.79. The van der Waals surface area contributed by atoms with E-state index in [1.807, 2.05) is 0 Å². The van der Waals surface area contributed by atoms with E-state index in [-0.39, 0.29) is 16.2 Å². The Hall–Kier alpha value is -2.54. The molecule has 1 nitrogen and oxygen atoms in total. The average molecular weight is 414 g/mol. The zero-order valence-corrected chi connectivity index (χ0v) is 20.9. The topological polar surface area (TPSA) is 26.0 Å². The molecule has 0 aliphatic heterocycles. The minimum absolute atomic E-state index is 0.0746. The van der Waals surface area contributed by atoms with Crippen LogP contribution in [0.4, 0.5) is 5.69 Å². The predicted molar refractivity (Wildman–Crippen MR) is 138 cm³/mol. The van der Waals surface area contributed by atoms with Gasteiger partial charge in [0.2, 0.25) is 0 Å². The minimum atomic E-state index is 0.0746. The van der Waals surface area contributed by atoms with Gasteiger partial charge in [-0.2, -0.15) is 0 Å². The summed E-state index contributed by atoms with van der Waals surface area (Å²) in [6.07, 6.45) is 0. The molecule has 2 N–H and O–H groups in total. The fraction of sp³-hybridized carbons (Fsp3) is 0.400. The summed E-state index contributed by atoms with van der Waals surface area (Å²) in [5, 5.41) is 0. The van der Waals surface area contributed by atoms with Crippen molar-refractivity contribution in [3.8, 4) is 22.3 Å². The number of para-hydroxylation sites is 1. The highest BCUT2D eigenvalue weighted by atomic mass is 14.6. The Labute approximate surface area is 189 Å². The third-order valence-corrected chi connectivity index (χ3v) is 6.14. The molecule has 0 saturated heterocycles. The maximum atomic E-state index is 6.79. The number of benzene rings is 3. The van der Waals surface area contributed by atoms with Crippen LogP contribution in [0.25, 0.3) is 22.3 Å². The van der Waals surface area contributed by atoms with Gasteiger partial charge >= 0.3 is 0 Å². The first-order valence-corrected chi connectivity index (χ1v) is 11.3. The van der Waals surface area contributed by atoms with Crippen LogP contribution >= 0.6 is 0 Å². The Balaban J connectivity index is 2.15. The highest BCUT2D eigenvalue weighted by molar-refractivity contribution is 5.89. The minimum Gasteiger partial charge on any atom is -0.398 e. The van der Waals surface area contributed by atoms with Crippen LogP contribution in [0.3, 0.4) is 0 Å². The molecule has 0 heterocycles. The van der Waals surface area contributed by atoms with Gasteiger partial charge in [-0.1, -0.05) is 123 Å². The summed E-state index contributed by atoms with van der Waals surface area (Å²) in [5.74, 6) is 0. The van der Waals surface area contributed by atoms with E-state index in [1.54, 1.807) is 0 Å². The Kier molecular flexibility index (Phi) is 5.86. The Morgan fingerprint density at radius 2 is 0.903 bits per heavy atom. The normalized spacial score (nSPS) is 12.8.